The number of benzene rings is 1. The zero-order valence-electron chi connectivity index (χ0n) is 11.8. The molecule has 0 aromatic heterocycles. The molecular formula is C15H22N2OS. The van der Waals surface area contributed by atoms with Crippen molar-refractivity contribution in [1.82, 2.24) is 10.2 Å². The fraction of sp³-hybridized carbons (Fsp3) is 0.533. The van der Waals surface area contributed by atoms with Gasteiger partial charge in [-0.3, -0.25) is 10.1 Å². The van der Waals surface area contributed by atoms with E-state index < -0.39 is 0 Å². The Morgan fingerprint density at radius 2 is 2.26 bits per heavy atom. The molecule has 0 spiro atoms. The molecule has 2 atom stereocenters. The van der Waals surface area contributed by atoms with Crippen molar-refractivity contribution in [2.45, 2.75) is 31.7 Å². The summed E-state index contributed by atoms with van der Waals surface area (Å²) in [7, 11) is 1.85. The second-order valence-electron chi connectivity index (χ2n) is 5.01. The molecule has 3 nitrogen and oxygen atoms in total. The van der Waals surface area contributed by atoms with Crippen molar-refractivity contribution in [3.8, 4) is 0 Å². The highest BCUT2D eigenvalue weighted by atomic mass is 32.2. The summed E-state index contributed by atoms with van der Waals surface area (Å²) in [4.78, 5) is 13.9. The maximum absolute atomic E-state index is 12.1. The molecule has 1 amide bonds. The van der Waals surface area contributed by atoms with E-state index in [-0.39, 0.29) is 18.0 Å². The van der Waals surface area contributed by atoms with Gasteiger partial charge < -0.3 is 4.90 Å². The molecule has 1 aromatic rings. The zero-order valence-corrected chi connectivity index (χ0v) is 12.7. The van der Waals surface area contributed by atoms with Gasteiger partial charge >= 0.3 is 0 Å². The van der Waals surface area contributed by atoms with Crippen LogP contribution in [0.25, 0.3) is 0 Å². The first kappa shape index (κ1) is 14.4. The monoisotopic (exact) mass is 278 g/mol. The predicted octanol–water partition coefficient (Wildman–Crippen LogP) is 2.43. The molecule has 1 aliphatic heterocycles. The number of fused-ring (bicyclic) bond motifs is 1. The van der Waals surface area contributed by atoms with Gasteiger partial charge in [0.15, 0.2) is 0 Å². The fourth-order valence-electron chi connectivity index (χ4n) is 2.38. The Morgan fingerprint density at radius 1 is 1.53 bits per heavy atom. The number of hydrogen-bond acceptors (Lipinski definition) is 3. The van der Waals surface area contributed by atoms with E-state index in [1.807, 2.05) is 32.7 Å². The molecule has 0 fully saturated rings. The van der Waals surface area contributed by atoms with E-state index in [0.29, 0.717) is 0 Å². The van der Waals surface area contributed by atoms with Crippen molar-refractivity contribution < 1.29 is 4.79 Å². The van der Waals surface area contributed by atoms with Gasteiger partial charge in [-0.15, -0.1) is 0 Å². The summed E-state index contributed by atoms with van der Waals surface area (Å²) < 4.78 is 0. The van der Waals surface area contributed by atoms with Gasteiger partial charge in [-0.2, -0.15) is 11.8 Å². The lowest BCUT2D eigenvalue weighted by atomic mass is 10.0. The van der Waals surface area contributed by atoms with Gasteiger partial charge in [-0.1, -0.05) is 24.3 Å². The fourth-order valence-corrected chi connectivity index (χ4v) is 3.49. The van der Waals surface area contributed by atoms with Crippen LogP contribution in [0.1, 0.15) is 31.0 Å². The van der Waals surface area contributed by atoms with Crippen LogP contribution < -0.4 is 5.32 Å². The molecule has 0 bridgehead atoms. The van der Waals surface area contributed by atoms with Crippen LogP contribution in [0.2, 0.25) is 0 Å². The largest absolute Gasteiger partial charge is 0.345 e. The SMILES string of the molecule is CCN(C)C(=O)C(C)NC1CSCc2ccccc21. The lowest BCUT2D eigenvalue weighted by Gasteiger charge is -2.30. The first-order valence-corrected chi connectivity index (χ1v) is 7.95. The Hall–Kier alpha value is -1.00. The highest BCUT2D eigenvalue weighted by Crippen LogP contribution is 2.31. The van der Waals surface area contributed by atoms with Gasteiger partial charge in [0, 0.05) is 31.1 Å². The standard InChI is InChI=1S/C15H22N2OS/c1-4-17(3)15(18)11(2)16-14-10-19-9-12-7-5-6-8-13(12)14/h5-8,11,14,16H,4,9-10H2,1-3H3. The normalized spacial score (nSPS) is 19.6. The Labute approximate surface area is 119 Å². The quantitative estimate of drug-likeness (QED) is 0.918. The van der Waals surface area contributed by atoms with Crippen molar-refractivity contribution in [1.29, 1.82) is 0 Å². The molecule has 2 unspecified atom stereocenters. The zero-order chi connectivity index (χ0) is 13.8. The van der Waals surface area contributed by atoms with E-state index in [0.717, 1.165) is 18.1 Å². The molecule has 19 heavy (non-hydrogen) atoms. The number of nitrogens with zero attached hydrogens (tertiary/aromatic N) is 1. The molecule has 2 rings (SSSR count). The first-order valence-electron chi connectivity index (χ1n) is 6.80. The smallest absolute Gasteiger partial charge is 0.239 e. The number of carbonyl (C=O) groups is 1. The highest BCUT2D eigenvalue weighted by Gasteiger charge is 2.24. The molecule has 0 aliphatic carbocycles. The van der Waals surface area contributed by atoms with Crippen LogP contribution >= 0.6 is 11.8 Å². The summed E-state index contributed by atoms with van der Waals surface area (Å²) in [5.41, 5.74) is 2.74. The summed E-state index contributed by atoms with van der Waals surface area (Å²) >= 11 is 1.93. The summed E-state index contributed by atoms with van der Waals surface area (Å²) in [6.45, 7) is 4.70. The molecular weight excluding hydrogens is 256 g/mol. The number of amides is 1. The molecule has 0 saturated carbocycles. The minimum absolute atomic E-state index is 0.137. The lowest BCUT2D eigenvalue weighted by molar-refractivity contribution is -0.131. The van der Waals surface area contributed by atoms with Gasteiger partial charge in [0.05, 0.1) is 6.04 Å². The number of carbonyl (C=O) groups excluding carboxylic acids is 1. The summed E-state index contributed by atoms with van der Waals surface area (Å²) in [5, 5.41) is 3.48. The van der Waals surface area contributed by atoms with Crippen LogP contribution in [0.3, 0.4) is 0 Å². The van der Waals surface area contributed by atoms with Crippen LogP contribution in [0.15, 0.2) is 24.3 Å². The van der Waals surface area contributed by atoms with E-state index in [4.69, 9.17) is 0 Å². The third-order valence-corrected chi connectivity index (χ3v) is 4.73. The van der Waals surface area contributed by atoms with Crippen molar-refractivity contribution >= 4 is 17.7 Å². The Morgan fingerprint density at radius 3 is 3.00 bits per heavy atom. The van der Waals surface area contributed by atoms with Crippen molar-refractivity contribution in [3.63, 3.8) is 0 Å². The average Bonchev–Trinajstić information content (AvgIpc) is 2.46. The molecule has 1 N–H and O–H groups in total. The molecule has 1 aromatic carbocycles. The molecule has 1 heterocycles. The van der Waals surface area contributed by atoms with E-state index in [2.05, 4.69) is 29.6 Å². The Kier molecular flexibility index (Phi) is 4.88. The summed E-state index contributed by atoms with van der Waals surface area (Å²) in [6, 6.07) is 8.66. The highest BCUT2D eigenvalue weighted by molar-refractivity contribution is 7.98. The van der Waals surface area contributed by atoms with Gasteiger partial charge in [0.1, 0.15) is 0 Å². The number of likely N-dealkylation sites (N-methyl/N-ethyl adjacent to an activating group) is 1. The van der Waals surface area contributed by atoms with Crippen LogP contribution in [-0.2, 0) is 10.5 Å². The lowest BCUT2D eigenvalue weighted by Crippen LogP contribution is -2.45. The van der Waals surface area contributed by atoms with Gasteiger partial charge in [-0.05, 0) is 25.0 Å². The maximum Gasteiger partial charge on any atom is 0.239 e. The second-order valence-corrected chi connectivity index (χ2v) is 6.04. The van der Waals surface area contributed by atoms with E-state index in [1.165, 1.54) is 11.1 Å². The third-order valence-electron chi connectivity index (χ3n) is 3.64. The second kappa shape index (κ2) is 6.44. The van der Waals surface area contributed by atoms with Crippen molar-refractivity contribution in [2.75, 3.05) is 19.3 Å². The van der Waals surface area contributed by atoms with Crippen LogP contribution in [0, 0.1) is 0 Å². The van der Waals surface area contributed by atoms with Crippen LogP contribution in [0.4, 0.5) is 0 Å². The molecule has 0 radical (unpaired) electrons. The topological polar surface area (TPSA) is 32.3 Å². The number of hydrogen-bond donors (Lipinski definition) is 1. The minimum Gasteiger partial charge on any atom is -0.345 e. The first-order chi connectivity index (χ1) is 9.13. The Bertz CT molecular complexity index is 450. The summed E-state index contributed by atoms with van der Waals surface area (Å²) in [5.74, 6) is 2.27. The van der Waals surface area contributed by atoms with Gasteiger partial charge in [0.2, 0.25) is 5.91 Å². The van der Waals surface area contributed by atoms with Crippen molar-refractivity contribution in [2.24, 2.45) is 0 Å². The van der Waals surface area contributed by atoms with Crippen molar-refractivity contribution in [3.05, 3.63) is 35.4 Å². The minimum atomic E-state index is -0.137. The van der Waals surface area contributed by atoms with Gasteiger partial charge in [0.25, 0.3) is 0 Å². The average molecular weight is 278 g/mol. The molecule has 1 aliphatic rings. The predicted molar refractivity (Wildman–Crippen MR) is 81.3 cm³/mol. The van der Waals surface area contributed by atoms with E-state index in [9.17, 15) is 4.79 Å². The number of rotatable bonds is 4. The maximum atomic E-state index is 12.1. The van der Waals surface area contributed by atoms with E-state index >= 15 is 0 Å². The molecule has 0 saturated heterocycles. The summed E-state index contributed by atoms with van der Waals surface area (Å²) in [6.07, 6.45) is 0. The Balaban J connectivity index is 2.06. The molecule has 104 valence electrons. The van der Waals surface area contributed by atoms with E-state index in [1.54, 1.807) is 4.90 Å². The third kappa shape index (κ3) is 3.31. The van der Waals surface area contributed by atoms with Crippen LogP contribution in [-0.4, -0.2) is 36.2 Å². The van der Waals surface area contributed by atoms with Crippen LogP contribution in [0.5, 0.6) is 0 Å². The van der Waals surface area contributed by atoms with Gasteiger partial charge in [-0.25, -0.2) is 0 Å². The molecule has 4 heteroatoms. The number of nitrogens with one attached hydrogen (secondary N) is 1. The number of thioether (sulfide) groups is 1.